The highest BCUT2D eigenvalue weighted by Gasteiger charge is 2.20. The minimum atomic E-state index is -1.03. The predicted octanol–water partition coefficient (Wildman–Crippen LogP) is 1.22. The van der Waals surface area contributed by atoms with Crippen molar-refractivity contribution in [2.45, 2.75) is 45.1 Å². The lowest BCUT2D eigenvalue weighted by molar-refractivity contribution is -0.141. The number of hydrogen-bond donors (Lipinski definition) is 2. The number of carboxylic acid groups (broad SMARTS) is 1. The van der Waals surface area contributed by atoms with Crippen LogP contribution in [0.5, 0.6) is 0 Å². The van der Waals surface area contributed by atoms with Gasteiger partial charge in [0.2, 0.25) is 0 Å². The van der Waals surface area contributed by atoms with Gasteiger partial charge in [-0.15, -0.1) is 0 Å². The third-order valence-corrected chi connectivity index (χ3v) is 2.89. The summed E-state index contributed by atoms with van der Waals surface area (Å²) in [6, 6.07) is -1.32. The van der Waals surface area contributed by atoms with E-state index in [0.717, 1.165) is 12.8 Å². The number of carbonyl (C=O) groups is 3. The molecule has 0 saturated carbocycles. The largest absolute Gasteiger partial charge is 0.480 e. The fraction of sp³-hybridized carbons (Fsp3) is 0.769. The molecule has 0 rings (SSSR count). The molecule has 20 heavy (non-hydrogen) atoms. The molecule has 0 aromatic heterocycles. The summed E-state index contributed by atoms with van der Waals surface area (Å²) >= 11 is 0. The van der Waals surface area contributed by atoms with Gasteiger partial charge in [0, 0.05) is 20.0 Å². The van der Waals surface area contributed by atoms with Crippen molar-refractivity contribution in [1.82, 2.24) is 10.2 Å². The van der Waals surface area contributed by atoms with Gasteiger partial charge in [0.1, 0.15) is 6.04 Å². The highest BCUT2D eigenvalue weighted by molar-refractivity contribution is 5.82. The molecule has 2 amide bonds. The maximum Gasteiger partial charge on any atom is 0.326 e. The molecule has 0 aromatic rings. The highest BCUT2D eigenvalue weighted by atomic mass is 16.5. The van der Waals surface area contributed by atoms with Crippen LogP contribution in [0.1, 0.15) is 39.0 Å². The molecule has 7 nitrogen and oxygen atoms in total. The van der Waals surface area contributed by atoms with Crippen molar-refractivity contribution in [3.05, 3.63) is 0 Å². The molecule has 116 valence electrons. The van der Waals surface area contributed by atoms with Gasteiger partial charge in [0.25, 0.3) is 0 Å². The van der Waals surface area contributed by atoms with E-state index in [-0.39, 0.29) is 12.4 Å². The molecule has 1 unspecified atom stereocenters. The minimum Gasteiger partial charge on any atom is -0.480 e. The quantitative estimate of drug-likeness (QED) is 0.622. The second-order valence-electron chi connectivity index (χ2n) is 4.58. The summed E-state index contributed by atoms with van der Waals surface area (Å²) in [5.74, 6) is -1.36. The molecule has 1 atom stereocenters. The first-order chi connectivity index (χ1) is 9.42. The Bertz CT molecular complexity index is 333. The number of ether oxygens (including phenoxy) is 1. The van der Waals surface area contributed by atoms with Gasteiger partial charge in [-0.1, -0.05) is 19.8 Å². The molecule has 0 aliphatic rings. The van der Waals surface area contributed by atoms with Crippen molar-refractivity contribution in [3.63, 3.8) is 0 Å². The van der Waals surface area contributed by atoms with Gasteiger partial charge in [-0.05, 0) is 12.8 Å². The van der Waals surface area contributed by atoms with Crippen molar-refractivity contribution < 1.29 is 24.2 Å². The van der Waals surface area contributed by atoms with Crippen LogP contribution in [0.3, 0.4) is 0 Å². The van der Waals surface area contributed by atoms with Gasteiger partial charge in [0.15, 0.2) is 0 Å². The van der Waals surface area contributed by atoms with E-state index in [9.17, 15) is 14.4 Å². The Hall–Kier alpha value is -1.79. The number of unbranched alkanes of at least 4 members (excludes halogenated alkanes) is 1. The summed E-state index contributed by atoms with van der Waals surface area (Å²) < 4.78 is 4.50. The first-order valence-corrected chi connectivity index (χ1v) is 6.73. The summed E-state index contributed by atoms with van der Waals surface area (Å²) in [6.07, 6.45) is 2.72. The number of urea groups is 1. The third kappa shape index (κ3) is 7.60. The number of methoxy groups -OCH3 is 1. The Morgan fingerprint density at radius 1 is 1.30 bits per heavy atom. The lowest BCUT2D eigenvalue weighted by Crippen LogP contribution is -2.46. The molecule has 0 aliphatic heterocycles. The van der Waals surface area contributed by atoms with Gasteiger partial charge >= 0.3 is 18.0 Å². The maximum atomic E-state index is 11.8. The number of rotatable bonds is 9. The van der Waals surface area contributed by atoms with Crippen LogP contribution in [0.4, 0.5) is 4.79 Å². The normalized spacial score (nSPS) is 11.6. The van der Waals surface area contributed by atoms with Crippen molar-refractivity contribution in [2.75, 3.05) is 20.7 Å². The molecule has 0 heterocycles. The van der Waals surface area contributed by atoms with E-state index in [0.29, 0.717) is 19.4 Å². The molecule has 2 N–H and O–H groups in total. The van der Waals surface area contributed by atoms with Crippen LogP contribution in [-0.2, 0) is 14.3 Å². The summed E-state index contributed by atoms with van der Waals surface area (Å²) in [5.41, 5.74) is 0. The average molecular weight is 288 g/mol. The van der Waals surface area contributed by atoms with Crippen molar-refractivity contribution in [2.24, 2.45) is 0 Å². The second-order valence-corrected chi connectivity index (χ2v) is 4.58. The van der Waals surface area contributed by atoms with Crippen LogP contribution >= 0.6 is 0 Å². The average Bonchev–Trinajstić information content (AvgIpc) is 2.42. The van der Waals surface area contributed by atoms with Crippen LogP contribution in [0.15, 0.2) is 0 Å². The van der Waals surface area contributed by atoms with Crippen LogP contribution in [0.2, 0.25) is 0 Å². The maximum absolute atomic E-state index is 11.8. The standard InChI is InChI=1S/C13H24N2O5/c1-4-5-7-10(12(17)18)14-13(19)15(2)9-6-8-11(16)20-3/h10H,4-9H2,1-3H3,(H,14,19)(H,17,18). The fourth-order valence-corrected chi connectivity index (χ4v) is 1.59. The topological polar surface area (TPSA) is 95.9 Å². The van der Waals surface area contributed by atoms with Crippen LogP contribution in [0, 0.1) is 0 Å². The zero-order chi connectivity index (χ0) is 15.5. The van der Waals surface area contributed by atoms with Gasteiger partial charge in [-0.3, -0.25) is 4.79 Å². The molecular formula is C13H24N2O5. The SMILES string of the molecule is CCCCC(NC(=O)N(C)CCCC(=O)OC)C(=O)O. The fourth-order valence-electron chi connectivity index (χ4n) is 1.59. The molecular weight excluding hydrogens is 264 g/mol. The first-order valence-electron chi connectivity index (χ1n) is 6.73. The zero-order valence-electron chi connectivity index (χ0n) is 12.3. The Morgan fingerprint density at radius 3 is 2.45 bits per heavy atom. The van der Waals surface area contributed by atoms with E-state index < -0.39 is 18.0 Å². The molecule has 0 saturated heterocycles. The number of esters is 1. The number of nitrogens with zero attached hydrogens (tertiary/aromatic N) is 1. The lowest BCUT2D eigenvalue weighted by atomic mass is 10.1. The number of amides is 2. The highest BCUT2D eigenvalue weighted by Crippen LogP contribution is 2.02. The number of hydrogen-bond acceptors (Lipinski definition) is 4. The summed E-state index contributed by atoms with van der Waals surface area (Å²) in [6.45, 7) is 2.32. The summed E-state index contributed by atoms with van der Waals surface area (Å²) in [5, 5.41) is 11.5. The Kier molecular flexibility index (Phi) is 9.15. The van der Waals surface area contributed by atoms with Gasteiger partial charge < -0.3 is 20.1 Å². The van der Waals surface area contributed by atoms with Crippen molar-refractivity contribution >= 4 is 18.0 Å². The first kappa shape index (κ1) is 18.2. The number of carbonyl (C=O) groups excluding carboxylic acids is 2. The monoisotopic (exact) mass is 288 g/mol. The van der Waals surface area contributed by atoms with E-state index >= 15 is 0 Å². The number of aliphatic carboxylic acids is 1. The molecule has 0 radical (unpaired) electrons. The third-order valence-electron chi connectivity index (χ3n) is 2.89. The van der Waals surface area contributed by atoms with E-state index in [4.69, 9.17) is 5.11 Å². The second kappa shape index (κ2) is 10.1. The van der Waals surface area contributed by atoms with E-state index in [1.165, 1.54) is 12.0 Å². The van der Waals surface area contributed by atoms with Crippen molar-refractivity contribution in [3.8, 4) is 0 Å². The Balaban J connectivity index is 4.14. The molecule has 7 heteroatoms. The molecule has 0 aromatic carbocycles. The molecule has 0 bridgehead atoms. The number of nitrogens with one attached hydrogen (secondary N) is 1. The van der Waals surface area contributed by atoms with E-state index in [1.807, 2.05) is 6.92 Å². The van der Waals surface area contributed by atoms with Crippen molar-refractivity contribution in [1.29, 1.82) is 0 Å². The van der Waals surface area contributed by atoms with E-state index in [2.05, 4.69) is 10.1 Å². The number of carboxylic acids is 1. The zero-order valence-corrected chi connectivity index (χ0v) is 12.3. The van der Waals surface area contributed by atoms with Gasteiger partial charge in [-0.2, -0.15) is 0 Å². The van der Waals surface area contributed by atoms with Crippen LogP contribution in [0.25, 0.3) is 0 Å². The molecule has 0 spiro atoms. The summed E-state index contributed by atoms with van der Waals surface area (Å²) in [4.78, 5) is 35.1. The Morgan fingerprint density at radius 2 is 1.95 bits per heavy atom. The van der Waals surface area contributed by atoms with Crippen LogP contribution in [-0.4, -0.2) is 54.7 Å². The minimum absolute atomic E-state index is 0.228. The predicted molar refractivity (Wildman–Crippen MR) is 73.4 cm³/mol. The molecule has 0 fully saturated rings. The van der Waals surface area contributed by atoms with E-state index in [1.54, 1.807) is 7.05 Å². The van der Waals surface area contributed by atoms with Gasteiger partial charge in [0.05, 0.1) is 7.11 Å². The van der Waals surface area contributed by atoms with Crippen LogP contribution < -0.4 is 5.32 Å². The summed E-state index contributed by atoms with van der Waals surface area (Å²) in [7, 11) is 2.87. The lowest BCUT2D eigenvalue weighted by Gasteiger charge is -2.21. The smallest absolute Gasteiger partial charge is 0.326 e. The molecule has 0 aliphatic carbocycles. The Labute approximate surface area is 119 Å². The van der Waals surface area contributed by atoms with Gasteiger partial charge in [-0.25, -0.2) is 9.59 Å².